The van der Waals surface area contributed by atoms with Gasteiger partial charge in [0.2, 0.25) is 5.95 Å². The number of nitrogens with one attached hydrogen (secondary N) is 2. The molecule has 21 heavy (non-hydrogen) atoms. The molecule has 0 radical (unpaired) electrons. The number of imidazole rings is 1. The van der Waals surface area contributed by atoms with Crippen molar-refractivity contribution in [3.63, 3.8) is 0 Å². The second-order valence-corrected chi connectivity index (χ2v) is 6.12. The SMILES string of the molecule is O=c1[nH]c2nc(N3CCCCC3)[nH]c2c(=O)n1CC1CC1. The van der Waals surface area contributed by atoms with Gasteiger partial charge in [0.1, 0.15) is 0 Å². The molecule has 1 aliphatic heterocycles. The van der Waals surface area contributed by atoms with Crippen molar-refractivity contribution in [1.29, 1.82) is 0 Å². The van der Waals surface area contributed by atoms with E-state index in [1.807, 2.05) is 0 Å². The number of anilines is 1. The molecule has 0 spiro atoms. The quantitative estimate of drug-likeness (QED) is 0.875. The number of hydrogen-bond acceptors (Lipinski definition) is 4. The Morgan fingerprint density at radius 1 is 1.10 bits per heavy atom. The third-order valence-corrected chi connectivity index (χ3v) is 4.41. The van der Waals surface area contributed by atoms with Gasteiger partial charge in [-0.05, 0) is 38.0 Å². The van der Waals surface area contributed by atoms with Gasteiger partial charge < -0.3 is 9.88 Å². The molecule has 4 rings (SSSR count). The first-order chi connectivity index (χ1) is 10.2. The van der Waals surface area contributed by atoms with Crippen LogP contribution in [0.3, 0.4) is 0 Å². The predicted octanol–water partition coefficient (Wildman–Crippen LogP) is 0.813. The van der Waals surface area contributed by atoms with E-state index in [-0.39, 0.29) is 11.2 Å². The molecule has 0 atom stereocenters. The van der Waals surface area contributed by atoms with E-state index in [9.17, 15) is 9.59 Å². The molecular weight excluding hydrogens is 270 g/mol. The van der Waals surface area contributed by atoms with Crippen molar-refractivity contribution in [3.05, 3.63) is 20.8 Å². The van der Waals surface area contributed by atoms with Crippen LogP contribution < -0.4 is 16.1 Å². The first-order valence-electron chi connectivity index (χ1n) is 7.70. The molecule has 0 bridgehead atoms. The van der Waals surface area contributed by atoms with E-state index in [1.165, 1.54) is 11.0 Å². The van der Waals surface area contributed by atoms with Gasteiger partial charge in [0.05, 0.1) is 0 Å². The Labute approximate surface area is 121 Å². The molecule has 2 aliphatic rings. The molecule has 1 saturated heterocycles. The highest BCUT2D eigenvalue weighted by Crippen LogP contribution is 2.29. The van der Waals surface area contributed by atoms with Crippen molar-refractivity contribution in [1.82, 2.24) is 19.5 Å². The number of H-pyrrole nitrogens is 2. The van der Waals surface area contributed by atoms with Gasteiger partial charge >= 0.3 is 5.69 Å². The summed E-state index contributed by atoms with van der Waals surface area (Å²) in [4.78, 5) is 36.9. The minimum Gasteiger partial charge on any atom is -0.342 e. The first-order valence-corrected chi connectivity index (χ1v) is 7.70. The summed E-state index contributed by atoms with van der Waals surface area (Å²) in [6, 6.07) is 0. The summed E-state index contributed by atoms with van der Waals surface area (Å²) in [6.07, 6.45) is 5.72. The van der Waals surface area contributed by atoms with E-state index < -0.39 is 0 Å². The lowest BCUT2D eigenvalue weighted by molar-refractivity contribution is 0.570. The van der Waals surface area contributed by atoms with Gasteiger partial charge in [0.25, 0.3) is 5.56 Å². The molecule has 7 heteroatoms. The molecular formula is C14H19N5O2. The van der Waals surface area contributed by atoms with Gasteiger partial charge in [0.15, 0.2) is 11.2 Å². The lowest BCUT2D eigenvalue weighted by Crippen LogP contribution is -2.35. The number of aromatic amines is 2. The first kappa shape index (κ1) is 12.7. The molecule has 2 N–H and O–H groups in total. The Morgan fingerprint density at radius 3 is 2.57 bits per heavy atom. The third-order valence-electron chi connectivity index (χ3n) is 4.41. The molecule has 0 unspecified atom stereocenters. The van der Waals surface area contributed by atoms with Crippen molar-refractivity contribution in [3.8, 4) is 0 Å². The van der Waals surface area contributed by atoms with Crippen LogP contribution in [0.15, 0.2) is 9.59 Å². The smallest absolute Gasteiger partial charge is 0.330 e. The van der Waals surface area contributed by atoms with Gasteiger partial charge in [-0.3, -0.25) is 14.3 Å². The molecule has 2 aromatic heterocycles. The average molecular weight is 289 g/mol. The topological polar surface area (TPSA) is 86.8 Å². The third kappa shape index (κ3) is 2.26. The van der Waals surface area contributed by atoms with Gasteiger partial charge in [-0.15, -0.1) is 0 Å². The molecule has 112 valence electrons. The van der Waals surface area contributed by atoms with Crippen molar-refractivity contribution in [2.24, 2.45) is 5.92 Å². The van der Waals surface area contributed by atoms with E-state index in [0.717, 1.165) is 38.8 Å². The van der Waals surface area contributed by atoms with Gasteiger partial charge in [-0.25, -0.2) is 4.79 Å². The number of fused-ring (bicyclic) bond motifs is 1. The van der Waals surface area contributed by atoms with Crippen molar-refractivity contribution in [2.45, 2.75) is 38.6 Å². The van der Waals surface area contributed by atoms with Crippen LogP contribution in [-0.4, -0.2) is 32.6 Å². The second-order valence-electron chi connectivity index (χ2n) is 6.12. The lowest BCUT2D eigenvalue weighted by atomic mass is 10.1. The maximum atomic E-state index is 12.5. The Bertz CT molecular complexity index is 777. The van der Waals surface area contributed by atoms with Crippen LogP contribution in [0, 0.1) is 5.92 Å². The summed E-state index contributed by atoms with van der Waals surface area (Å²) in [5.74, 6) is 1.17. The molecule has 2 aromatic rings. The molecule has 1 saturated carbocycles. The Hall–Kier alpha value is -2.05. The predicted molar refractivity (Wildman–Crippen MR) is 79.8 cm³/mol. The van der Waals surface area contributed by atoms with Gasteiger partial charge in [0, 0.05) is 19.6 Å². The minimum absolute atomic E-state index is 0.253. The zero-order valence-electron chi connectivity index (χ0n) is 11.9. The zero-order valence-corrected chi connectivity index (χ0v) is 11.9. The fourth-order valence-corrected chi connectivity index (χ4v) is 2.98. The van der Waals surface area contributed by atoms with Crippen LogP contribution in [0.25, 0.3) is 11.2 Å². The van der Waals surface area contributed by atoms with Crippen LogP contribution >= 0.6 is 0 Å². The van der Waals surface area contributed by atoms with Crippen LogP contribution in [0.4, 0.5) is 5.95 Å². The molecule has 2 fully saturated rings. The van der Waals surface area contributed by atoms with Gasteiger partial charge in [-0.1, -0.05) is 0 Å². The van der Waals surface area contributed by atoms with Crippen molar-refractivity contribution < 1.29 is 0 Å². The summed E-state index contributed by atoms with van der Waals surface area (Å²) in [5.41, 5.74) is 0.181. The standard InChI is InChI=1S/C14H19N5O2/c20-12-10-11(17-14(21)19(12)8-9-4-5-9)16-13(15-10)18-6-2-1-3-7-18/h9H,1-8H2,(H,15,16)(H,17,21). The fourth-order valence-electron chi connectivity index (χ4n) is 2.98. The van der Waals surface area contributed by atoms with E-state index >= 15 is 0 Å². The van der Waals surface area contributed by atoms with Crippen LogP contribution in [-0.2, 0) is 6.54 Å². The molecule has 3 heterocycles. The lowest BCUT2D eigenvalue weighted by Gasteiger charge is -2.25. The van der Waals surface area contributed by atoms with Crippen LogP contribution in [0.2, 0.25) is 0 Å². The Kier molecular flexibility index (Phi) is 2.87. The molecule has 0 amide bonds. The highest BCUT2D eigenvalue weighted by atomic mass is 16.2. The maximum Gasteiger partial charge on any atom is 0.330 e. The number of rotatable bonds is 3. The summed E-state index contributed by atoms with van der Waals surface area (Å²) in [5, 5.41) is 0. The summed E-state index contributed by atoms with van der Waals surface area (Å²) in [6.45, 7) is 2.41. The van der Waals surface area contributed by atoms with Crippen molar-refractivity contribution in [2.75, 3.05) is 18.0 Å². The average Bonchev–Trinajstić information content (AvgIpc) is 3.22. The number of nitrogens with zero attached hydrogens (tertiary/aromatic N) is 3. The highest BCUT2D eigenvalue weighted by Gasteiger charge is 2.24. The minimum atomic E-state index is -0.351. The molecule has 1 aliphatic carbocycles. The second kappa shape index (κ2) is 4.75. The van der Waals surface area contributed by atoms with Gasteiger partial charge in [-0.2, -0.15) is 4.98 Å². The summed E-state index contributed by atoms with van der Waals surface area (Å²) in [7, 11) is 0. The summed E-state index contributed by atoms with van der Waals surface area (Å²) >= 11 is 0. The zero-order chi connectivity index (χ0) is 14.4. The number of aromatic nitrogens is 4. The van der Waals surface area contributed by atoms with E-state index in [1.54, 1.807) is 0 Å². The van der Waals surface area contributed by atoms with E-state index in [4.69, 9.17) is 0 Å². The largest absolute Gasteiger partial charge is 0.342 e. The van der Waals surface area contributed by atoms with Crippen molar-refractivity contribution >= 4 is 17.1 Å². The monoisotopic (exact) mass is 289 g/mol. The Morgan fingerprint density at radius 2 is 1.86 bits per heavy atom. The van der Waals surface area contributed by atoms with E-state index in [0.29, 0.717) is 29.6 Å². The maximum absolute atomic E-state index is 12.5. The molecule has 7 nitrogen and oxygen atoms in total. The normalized spacial score (nSPS) is 19.3. The number of piperidine rings is 1. The van der Waals surface area contributed by atoms with E-state index in [2.05, 4.69) is 19.9 Å². The Balaban J connectivity index is 1.77. The fraction of sp³-hybridized carbons (Fsp3) is 0.643. The summed E-state index contributed by atoms with van der Waals surface area (Å²) < 4.78 is 1.30. The highest BCUT2D eigenvalue weighted by molar-refractivity contribution is 5.72. The van der Waals surface area contributed by atoms with Crippen LogP contribution in [0.5, 0.6) is 0 Å². The molecule has 0 aromatic carbocycles. The number of hydrogen-bond donors (Lipinski definition) is 2. The van der Waals surface area contributed by atoms with Crippen LogP contribution in [0.1, 0.15) is 32.1 Å².